The highest BCUT2D eigenvalue weighted by molar-refractivity contribution is 5.70. The molecule has 0 bridgehead atoms. The van der Waals surface area contributed by atoms with Gasteiger partial charge in [-0.25, -0.2) is 9.37 Å². The fourth-order valence-electron chi connectivity index (χ4n) is 2.54. The molecule has 4 atom stereocenters. The molecule has 3 heterocycles. The molecule has 1 fully saturated rings. The molecular weight excluding hydrogens is 327 g/mol. The Bertz CT molecular complexity index is 846. The summed E-state index contributed by atoms with van der Waals surface area (Å²) >= 11 is 0. The second kappa shape index (κ2) is 6.41. The Hall–Kier alpha value is -2.73. The smallest absolute Gasteiger partial charge is 0.280 e. The minimum absolute atomic E-state index is 0.0287. The van der Waals surface area contributed by atoms with Gasteiger partial charge in [0.15, 0.2) is 23.6 Å². The number of fused-ring (bicyclic) bond motifs is 1. The van der Waals surface area contributed by atoms with E-state index in [0.717, 1.165) is 0 Å². The Balaban J connectivity index is 1.95. The SMILES string of the molecule is [N-]=[N+]=NCO[C@@H]1[C@@H](F)[C@H](n2cnc3c(=O)[nH]c(N)nc32)O[C@@H]1CO. The largest absolute Gasteiger partial charge is 0.394 e. The lowest BCUT2D eigenvalue weighted by Crippen LogP contribution is -2.34. The van der Waals surface area contributed by atoms with Gasteiger partial charge < -0.3 is 20.3 Å². The highest BCUT2D eigenvalue weighted by atomic mass is 19.1. The van der Waals surface area contributed by atoms with Crippen molar-refractivity contribution in [3.05, 3.63) is 27.1 Å². The number of aliphatic hydroxyl groups excluding tert-OH is 1. The minimum Gasteiger partial charge on any atom is -0.394 e. The first kappa shape index (κ1) is 16.1. The summed E-state index contributed by atoms with van der Waals surface area (Å²) in [4.78, 5) is 24.4. The van der Waals surface area contributed by atoms with Gasteiger partial charge in [-0.2, -0.15) is 4.98 Å². The first-order chi connectivity index (χ1) is 11.6. The molecule has 1 aliphatic heterocycles. The van der Waals surface area contributed by atoms with Crippen molar-refractivity contribution in [3.8, 4) is 0 Å². The summed E-state index contributed by atoms with van der Waals surface area (Å²) in [6, 6.07) is 0. The average Bonchev–Trinajstić information content (AvgIpc) is 3.09. The van der Waals surface area contributed by atoms with E-state index in [2.05, 4.69) is 25.0 Å². The summed E-state index contributed by atoms with van der Waals surface area (Å²) in [5.41, 5.74) is 13.2. The number of aromatic nitrogens is 4. The Labute approximate surface area is 132 Å². The summed E-state index contributed by atoms with van der Waals surface area (Å²) in [7, 11) is 0. The van der Waals surface area contributed by atoms with Crippen LogP contribution in [0.4, 0.5) is 10.3 Å². The van der Waals surface area contributed by atoms with Gasteiger partial charge in [0, 0.05) is 4.91 Å². The van der Waals surface area contributed by atoms with Crippen LogP contribution in [0.15, 0.2) is 16.2 Å². The molecule has 0 radical (unpaired) electrons. The van der Waals surface area contributed by atoms with Crippen molar-refractivity contribution in [2.24, 2.45) is 5.11 Å². The summed E-state index contributed by atoms with van der Waals surface area (Å²) < 4.78 is 26.5. The van der Waals surface area contributed by atoms with E-state index in [0.29, 0.717) is 0 Å². The number of nitrogen functional groups attached to an aromatic ring is 1. The zero-order valence-corrected chi connectivity index (χ0v) is 12.1. The first-order valence-corrected chi connectivity index (χ1v) is 6.82. The van der Waals surface area contributed by atoms with Crippen LogP contribution in [0.5, 0.6) is 0 Å². The third-order valence-corrected chi connectivity index (χ3v) is 3.56. The topological polar surface area (TPSA) is 177 Å². The van der Waals surface area contributed by atoms with Gasteiger partial charge in [0.1, 0.15) is 18.9 Å². The molecule has 12 nitrogen and oxygen atoms in total. The van der Waals surface area contributed by atoms with Crippen LogP contribution in [-0.4, -0.2) is 56.3 Å². The quantitative estimate of drug-likeness (QED) is 0.376. The minimum atomic E-state index is -1.73. The molecule has 0 saturated carbocycles. The second-order valence-corrected chi connectivity index (χ2v) is 4.96. The molecule has 0 spiro atoms. The number of anilines is 1. The third kappa shape index (κ3) is 2.65. The summed E-state index contributed by atoms with van der Waals surface area (Å²) in [6.07, 6.45) is -3.93. The van der Waals surface area contributed by atoms with Gasteiger partial charge in [-0.1, -0.05) is 5.11 Å². The van der Waals surface area contributed by atoms with Crippen molar-refractivity contribution < 1.29 is 19.0 Å². The Morgan fingerprint density at radius 3 is 3.17 bits per heavy atom. The van der Waals surface area contributed by atoms with Crippen LogP contribution in [0, 0.1) is 0 Å². The molecule has 0 aliphatic carbocycles. The highest BCUT2D eigenvalue weighted by Gasteiger charge is 2.47. The summed E-state index contributed by atoms with van der Waals surface area (Å²) in [5, 5.41) is 12.5. The van der Waals surface area contributed by atoms with E-state index in [1.807, 2.05) is 0 Å². The maximum Gasteiger partial charge on any atom is 0.280 e. The molecule has 3 rings (SSSR count). The number of nitrogens with two attached hydrogens (primary N) is 1. The van der Waals surface area contributed by atoms with E-state index in [4.69, 9.17) is 20.7 Å². The number of nitrogens with one attached hydrogen (secondary N) is 1. The van der Waals surface area contributed by atoms with Gasteiger partial charge in [0.2, 0.25) is 5.95 Å². The lowest BCUT2D eigenvalue weighted by molar-refractivity contribution is -0.0594. The number of hydrogen-bond acceptors (Lipinski definition) is 8. The zero-order valence-electron chi connectivity index (χ0n) is 12.1. The fourth-order valence-corrected chi connectivity index (χ4v) is 2.54. The lowest BCUT2D eigenvalue weighted by Gasteiger charge is -2.17. The van der Waals surface area contributed by atoms with E-state index in [-0.39, 0.29) is 17.1 Å². The molecule has 24 heavy (non-hydrogen) atoms. The van der Waals surface area contributed by atoms with Crippen LogP contribution in [0.1, 0.15) is 6.23 Å². The molecule has 1 aliphatic rings. The van der Waals surface area contributed by atoms with Gasteiger partial charge in [-0.05, 0) is 5.53 Å². The number of alkyl halides is 1. The van der Waals surface area contributed by atoms with Crippen molar-refractivity contribution in [2.75, 3.05) is 19.1 Å². The van der Waals surface area contributed by atoms with Crippen molar-refractivity contribution in [3.63, 3.8) is 0 Å². The van der Waals surface area contributed by atoms with E-state index in [1.54, 1.807) is 0 Å². The van der Waals surface area contributed by atoms with E-state index in [9.17, 15) is 14.3 Å². The van der Waals surface area contributed by atoms with Gasteiger partial charge in [-0.15, -0.1) is 0 Å². The molecule has 0 unspecified atom stereocenters. The first-order valence-electron chi connectivity index (χ1n) is 6.82. The number of nitrogens with zero attached hydrogens (tertiary/aromatic N) is 6. The molecule has 1 saturated heterocycles. The zero-order chi connectivity index (χ0) is 17.3. The van der Waals surface area contributed by atoms with Crippen LogP contribution >= 0.6 is 0 Å². The molecule has 0 amide bonds. The molecule has 13 heteroatoms. The Morgan fingerprint density at radius 1 is 1.67 bits per heavy atom. The molecular formula is C11H13FN8O4. The van der Waals surface area contributed by atoms with E-state index in [1.165, 1.54) is 10.9 Å². The highest BCUT2D eigenvalue weighted by Crippen LogP contribution is 2.34. The Kier molecular flexibility index (Phi) is 4.31. The number of rotatable bonds is 5. The van der Waals surface area contributed by atoms with Crippen molar-refractivity contribution in [1.29, 1.82) is 0 Å². The number of hydrogen-bond donors (Lipinski definition) is 3. The fraction of sp³-hybridized carbons (Fsp3) is 0.545. The molecule has 128 valence electrons. The van der Waals surface area contributed by atoms with Gasteiger partial charge >= 0.3 is 0 Å². The van der Waals surface area contributed by atoms with Crippen LogP contribution in [0.25, 0.3) is 21.6 Å². The van der Waals surface area contributed by atoms with E-state index < -0.39 is 43.5 Å². The summed E-state index contributed by atoms with van der Waals surface area (Å²) in [6.45, 7) is -0.926. The maximum atomic E-state index is 14.7. The average molecular weight is 340 g/mol. The van der Waals surface area contributed by atoms with Gasteiger partial charge in [0.25, 0.3) is 5.56 Å². The van der Waals surface area contributed by atoms with Crippen LogP contribution in [-0.2, 0) is 9.47 Å². The second-order valence-electron chi connectivity index (χ2n) is 4.96. The van der Waals surface area contributed by atoms with Crippen molar-refractivity contribution >= 4 is 17.1 Å². The van der Waals surface area contributed by atoms with Crippen molar-refractivity contribution in [2.45, 2.75) is 24.6 Å². The third-order valence-electron chi connectivity index (χ3n) is 3.56. The van der Waals surface area contributed by atoms with E-state index >= 15 is 0 Å². The number of aliphatic hydroxyl groups is 1. The lowest BCUT2D eigenvalue weighted by atomic mass is 10.1. The van der Waals surface area contributed by atoms with Crippen LogP contribution in [0.2, 0.25) is 0 Å². The molecule has 4 N–H and O–H groups in total. The van der Waals surface area contributed by atoms with Crippen LogP contribution in [0.3, 0.4) is 0 Å². The molecule has 2 aromatic heterocycles. The van der Waals surface area contributed by atoms with Gasteiger partial charge in [-0.3, -0.25) is 14.3 Å². The van der Waals surface area contributed by atoms with Crippen LogP contribution < -0.4 is 11.3 Å². The summed E-state index contributed by atoms with van der Waals surface area (Å²) in [5.74, 6) is -0.155. The number of H-pyrrole nitrogens is 1. The normalized spacial score (nSPS) is 26.6. The standard InChI is InChI=1S/C11H13FN8O4/c12-5-7(23-3-16-19-14)4(1-21)24-10(5)20-2-15-6-8(20)17-11(13)18-9(6)22/h2,4-5,7,10,21H,1,3H2,(H3,13,17,18,22)/t4-,5-,7+,10-/m1/s1. The number of aromatic amines is 1. The monoisotopic (exact) mass is 340 g/mol. The Morgan fingerprint density at radius 2 is 2.46 bits per heavy atom. The maximum absolute atomic E-state index is 14.7. The van der Waals surface area contributed by atoms with Crippen molar-refractivity contribution in [1.82, 2.24) is 19.5 Å². The predicted octanol–water partition coefficient (Wildman–Crippen LogP) is -0.417. The number of imidazole rings is 1. The molecule has 0 aromatic carbocycles. The van der Waals surface area contributed by atoms with Gasteiger partial charge in [0.05, 0.1) is 12.9 Å². The predicted molar refractivity (Wildman–Crippen MR) is 77.3 cm³/mol. The number of ether oxygens (including phenoxy) is 2. The number of azide groups is 1. The molecule has 2 aromatic rings. The number of halogens is 1.